The van der Waals surface area contributed by atoms with E-state index in [1.807, 2.05) is 49.6 Å². The third kappa shape index (κ3) is 4.18. The summed E-state index contributed by atoms with van der Waals surface area (Å²) in [5, 5.41) is 6.92. The van der Waals surface area contributed by atoms with Crippen molar-refractivity contribution in [2.75, 3.05) is 6.54 Å². The maximum absolute atomic E-state index is 12.7. The number of aromatic nitrogens is 4. The second-order valence-electron chi connectivity index (χ2n) is 7.05. The topological polar surface area (TPSA) is 85.8 Å². The summed E-state index contributed by atoms with van der Waals surface area (Å²) in [4.78, 5) is 21.8. The van der Waals surface area contributed by atoms with Crippen LogP contribution in [-0.2, 0) is 17.6 Å². The number of fused-ring (bicyclic) bond motifs is 1. The maximum atomic E-state index is 12.7. The van der Waals surface area contributed by atoms with Crippen molar-refractivity contribution in [3.05, 3.63) is 41.8 Å². The molecule has 2 heterocycles. The Balaban J connectivity index is 1.68. The number of nitrogens with one attached hydrogen (secondary N) is 1. The molecule has 1 aromatic carbocycles. The van der Waals surface area contributed by atoms with Crippen molar-refractivity contribution in [3.8, 4) is 0 Å². The van der Waals surface area contributed by atoms with E-state index in [1.54, 1.807) is 0 Å². The molecule has 1 N–H and O–H groups in total. The van der Waals surface area contributed by atoms with Gasteiger partial charge in [-0.05, 0) is 25.5 Å². The molecule has 0 aliphatic carbocycles. The molecule has 1 atom stereocenters. The summed E-state index contributed by atoms with van der Waals surface area (Å²) in [6.45, 7) is 8.51. The summed E-state index contributed by atoms with van der Waals surface area (Å²) in [5.74, 6) is 2.37. The lowest BCUT2D eigenvalue weighted by Crippen LogP contribution is -2.33. The van der Waals surface area contributed by atoms with Crippen molar-refractivity contribution < 1.29 is 9.32 Å². The van der Waals surface area contributed by atoms with Gasteiger partial charge in [-0.25, -0.2) is 4.98 Å². The summed E-state index contributed by atoms with van der Waals surface area (Å²) < 4.78 is 7.26. The highest BCUT2D eigenvalue weighted by molar-refractivity contribution is 5.84. The van der Waals surface area contributed by atoms with Crippen molar-refractivity contribution in [2.24, 2.45) is 0 Å². The van der Waals surface area contributed by atoms with E-state index in [4.69, 9.17) is 9.51 Å². The molecule has 2 aromatic heterocycles. The van der Waals surface area contributed by atoms with Gasteiger partial charge >= 0.3 is 0 Å². The van der Waals surface area contributed by atoms with Gasteiger partial charge in [0.2, 0.25) is 11.8 Å². The zero-order valence-electron chi connectivity index (χ0n) is 16.4. The summed E-state index contributed by atoms with van der Waals surface area (Å²) in [6.07, 6.45) is 2.34. The van der Waals surface area contributed by atoms with E-state index in [0.717, 1.165) is 29.7 Å². The summed E-state index contributed by atoms with van der Waals surface area (Å²) in [7, 11) is 0. The van der Waals surface area contributed by atoms with Crippen LogP contribution in [0, 0.1) is 0 Å². The van der Waals surface area contributed by atoms with Crippen LogP contribution in [0.5, 0.6) is 0 Å². The summed E-state index contributed by atoms with van der Waals surface area (Å²) in [5.41, 5.74) is 1.91. The number of nitrogens with zero attached hydrogens (tertiary/aromatic N) is 4. The molecule has 1 unspecified atom stereocenters. The number of para-hydroxylation sites is 2. The second kappa shape index (κ2) is 8.33. The van der Waals surface area contributed by atoms with Gasteiger partial charge in [0.25, 0.3) is 0 Å². The van der Waals surface area contributed by atoms with Crippen LogP contribution in [0.2, 0.25) is 0 Å². The highest BCUT2D eigenvalue weighted by Gasteiger charge is 2.21. The first-order chi connectivity index (χ1) is 13.0. The lowest BCUT2D eigenvalue weighted by molar-refractivity contribution is -0.123. The molecule has 0 radical (unpaired) electrons. The molecule has 0 fully saturated rings. The van der Waals surface area contributed by atoms with Crippen molar-refractivity contribution in [2.45, 2.75) is 58.9 Å². The quantitative estimate of drug-likeness (QED) is 0.657. The molecule has 7 heteroatoms. The molecule has 0 spiro atoms. The van der Waals surface area contributed by atoms with Gasteiger partial charge in [-0.3, -0.25) is 4.79 Å². The summed E-state index contributed by atoms with van der Waals surface area (Å²) in [6, 6.07) is 7.60. The minimum atomic E-state index is -0.340. The van der Waals surface area contributed by atoms with E-state index in [9.17, 15) is 4.79 Å². The Hall–Kier alpha value is -2.70. The van der Waals surface area contributed by atoms with Crippen LogP contribution < -0.4 is 5.32 Å². The Morgan fingerprint density at radius 2 is 1.96 bits per heavy atom. The number of aryl methyl sites for hydroxylation is 1. The number of hydrogen-bond donors (Lipinski definition) is 1. The Kier molecular flexibility index (Phi) is 5.88. The highest BCUT2D eigenvalue weighted by Crippen LogP contribution is 2.22. The predicted octanol–water partition coefficient (Wildman–Crippen LogP) is 3.42. The van der Waals surface area contributed by atoms with Gasteiger partial charge in [-0.2, -0.15) is 4.98 Å². The minimum absolute atomic E-state index is 0.0425. The van der Waals surface area contributed by atoms with Crippen LogP contribution in [0.4, 0.5) is 0 Å². The fourth-order valence-corrected chi connectivity index (χ4v) is 3.09. The fraction of sp³-hybridized carbons (Fsp3) is 0.500. The van der Waals surface area contributed by atoms with Crippen LogP contribution in [0.15, 0.2) is 28.8 Å². The van der Waals surface area contributed by atoms with Crippen LogP contribution >= 0.6 is 0 Å². The molecule has 3 aromatic rings. The Bertz CT molecular complexity index is 912. The van der Waals surface area contributed by atoms with Gasteiger partial charge in [0, 0.05) is 25.3 Å². The van der Waals surface area contributed by atoms with E-state index in [2.05, 4.69) is 22.4 Å². The number of carbonyl (C=O) groups is 1. The normalized spacial score (nSPS) is 12.6. The molecule has 0 bridgehead atoms. The number of benzene rings is 1. The predicted molar refractivity (Wildman–Crippen MR) is 104 cm³/mol. The lowest BCUT2D eigenvalue weighted by Gasteiger charge is -2.17. The molecule has 27 heavy (non-hydrogen) atoms. The molecule has 1 amide bonds. The molecule has 0 aliphatic rings. The van der Waals surface area contributed by atoms with Crippen molar-refractivity contribution in [1.29, 1.82) is 0 Å². The third-order valence-corrected chi connectivity index (χ3v) is 4.55. The largest absolute Gasteiger partial charge is 0.354 e. The highest BCUT2D eigenvalue weighted by atomic mass is 16.5. The van der Waals surface area contributed by atoms with Gasteiger partial charge in [-0.15, -0.1) is 0 Å². The first-order valence-electron chi connectivity index (χ1n) is 9.57. The molecule has 3 rings (SSSR count). The lowest BCUT2D eigenvalue weighted by atomic mass is 10.2. The molecule has 144 valence electrons. The van der Waals surface area contributed by atoms with E-state index in [-0.39, 0.29) is 17.9 Å². The van der Waals surface area contributed by atoms with Crippen molar-refractivity contribution in [1.82, 2.24) is 25.0 Å². The zero-order chi connectivity index (χ0) is 19.4. The van der Waals surface area contributed by atoms with E-state index >= 15 is 0 Å². The molecule has 7 nitrogen and oxygen atoms in total. The van der Waals surface area contributed by atoms with Crippen LogP contribution in [0.1, 0.15) is 63.6 Å². The molecular formula is C20H27N5O2. The monoisotopic (exact) mass is 369 g/mol. The Labute approximate surface area is 159 Å². The van der Waals surface area contributed by atoms with Crippen molar-refractivity contribution >= 4 is 16.9 Å². The molecule has 0 saturated heterocycles. The fourth-order valence-electron chi connectivity index (χ4n) is 3.09. The zero-order valence-corrected chi connectivity index (χ0v) is 16.4. The van der Waals surface area contributed by atoms with Gasteiger partial charge in [0.1, 0.15) is 11.9 Å². The van der Waals surface area contributed by atoms with E-state index < -0.39 is 0 Å². The van der Waals surface area contributed by atoms with Crippen LogP contribution in [-0.4, -0.2) is 32.1 Å². The number of carbonyl (C=O) groups excluding carboxylic acids is 1. The van der Waals surface area contributed by atoms with E-state index in [1.165, 1.54) is 0 Å². The number of amides is 1. The standard InChI is InChI=1S/C20H27N5O2/c1-5-8-17-22-15-9-6-7-10-16(15)25(17)14(4)20(26)21-12-11-18-23-19(13(2)3)24-27-18/h6-7,9-10,13-14H,5,8,11-12H2,1-4H3,(H,21,26). The van der Waals surface area contributed by atoms with Gasteiger partial charge in [0.05, 0.1) is 11.0 Å². The minimum Gasteiger partial charge on any atom is -0.354 e. The van der Waals surface area contributed by atoms with Gasteiger partial charge in [0.15, 0.2) is 5.82 Å². The molecule has 0 aliphatic heterocycles. The van der Waals surface area contributed by atoms with Crippen LogP contribution in [0.3, 0.4) is 0 Å². The van der Waals surface area contributed by atoms with Gasteiger partial charge < -0.3 is 14.4 Å². The van der Waals surface area contributed by atoms with E-state index in [0.29, 0.717) is 24.7 Å². The Morgan fingerprint density at radius 1 is 1.19 bits per heavy atom. The molecular weight excluding hydrogens is 342 g/mol. The second-order valence-corrected chi connectivity index (χ2v) is 7.05. The maximum Gasteiger partial charge on any atom is 0.242 e. The van der Waals surface area contributed by atoms with Crippen LogP contribution in [0.25, 0.3) is 11.0 Å². The average Bonchev–Trinajstić information content (AvgIpc) is 3.26. The smallest absolute Gasteiger partial charge is 0.242 e. The third-order valence-electron chi connectivity index (χ3n) is 4.55. The SMILES string of the molecule is CCCc1nc2ccccc2n1C(C)C(=O)NCCc1nc(C(C)C)no1. The first kappa shape index (κ1) is 19.1. The van der Waals surface area contributed by atoms with Gasteiger partial charge in [-0.1, -0.05) is 38.1 Å². The van der Waals surface area contributed by atoms with Crippen molar-refractivity contribution in [3.63, 3.8) is 0 Å². The number of hydrogen-bond acceptors (Lipinski definition) is 5. The summed E-state index contributed by atoms with van der Waals surface area (Å²) >= 11 is 0. The molecule has 0 saturated carbocycles. The number of rotatable bonds is 8. The average molecular weight is 369 g/mol. The first-order valence-corrected chi connectivity index (χ1v) is 9.57. The number of imidazole rings is 1. The Morgan fingerprint density at radius 3 is 2.67 bits per heavy atom.